The quantitative estimate of drug-likeness (QED) is 0.706. The predicted molar refractivity (Wildman–Crippen MR) is 107 cm³/mol. The van der Waals surface area contributed by atoms with Gasteiger partial charge < -0.3 is 21.1 Å². The van der Waals surface area contributed by atoms with Crippen molar-refractivity contribution in [3.63, 3.8) is 0 Å². The highest BCUT2D eigenvalue weighted by atomic mass is 16.5. The highest BCUT2D eigenvalue weighted by Crippen LogP contribution is 2.29. The maximum Gasteiger partial charge on any atom is 0.148 e. The molecule has 4 rings (SSSR count). The van der Waals surface area contributed by atoms with E-state index in [4.69, 9.17) is 15.6 Å². The van der Waals surface area contributed by atoms with Gasteiger partial charge in [-0.15, -0.1) is 0 Å². The van der Waals surface area contributed by atoms with Crippen LogP contribution in [0.1, 0.15) is 30.9 Å². The fourth-order valence-electron chi connectivity index (χ4n) is 4.06. The number of hydrogen-bond acceptors (Lipinski definition) is 7. The second-order valence-corrected chi connectivity index (χ2v) is 7.44. The van der Waals surface area contributed by atoms with Crippen LogP contribution in [-0.4, -0.2) is 49.5 Å². The molecule has 0 aliphatic carbocycles. The molecule has 0 bridgehead atoms. The minimum Gasteiger partial charge on any atom is -0.383 e. The summed E-state index contributed by atoms with van der Waals surface area (Å²) < 4.78 is 5.20. The molecule has 3 aliphatic heterocycles. The summed E-state index contributed by atoms with van der Waals surface area (Å²) in [6, 6.07) is 8.74. The summed E-state index contributed by atoms with van der Waals surface area (Å²) in [4.78, 5) is 4.27. The van der Waals surface area contributed by atoms with Gasteiger partial charge in [-0.1, -0.05) is 37.6 Å². The molecule has 0 amide bonds. The number of aliphatic imine (C=N–C) groups is 1. The third-order valence-electron chi connectivity index (χ3n) is 5.60. The molecule has 0 spiro atoms. The Balaban J connectivity index is 1.59. The van der Waals surface area contributed by atoms with Gasteiger partial charge in [0.05, 0.1) is 25.1 Å². The molecule has 144 valence electrons. The normalized spacial score (nSPS) is 27.0. The van der Waals surface area contributed by atoms with Gasteiger partial charge in [0.1, 0.15) is 17.7 Å². The highest BCUT2D eigenvalue weighted by Gasteiger charge is 2.37. The first-order chi connectivity index (χ1) is 13.2. The summed E-state index contributed by atoms with van der Waals surface area (Å²) in [6.45, 7) is 4.81. The van der Waals surface area contributed by atoms with Crippen molar-refractivity contribution in [2.75, 3.05) is 20.2 Å². The van der Waals surface area contributed by atoms with E-state index in [0.29, 0.717) is 18.5 Å². The first kappa shape index (κ1) is 18.0. The average Bonchev–Trinajstić information content (AvgIpc) is 3.29. The standard InChI is InChI=1S/C20H28N6O/c1-3-13-8-16(22-9-13)10-26-20-17(19(21)23-12-24-20)18(25-26)15-6-4-14(5-7-15)11-27-2/h4-7,12-13,16,20,22H,3,8-11,21H2,1-2H3,(H,23,24). The van der Waals surface area contributed by atoms with Crippen molar-refractivity contribution in [3.8, 4) is 0 Å². The van der Waals surface area contributed by atoms with Crippen LogP contribution in [0.2, 0.25) is 0 Å². The van der Waals surface area contributed by atoms with Gasteiger partial charge >= 0.3 is 0 Å². The molecule has 7 nitrogen and oxygen atoms in total. The van der Waals surface area contributed by atoms with Crippen LogP contribution >= 0.6 is 0 Å². The van der Waals surface area contributed by atoms with Crippen LogP contribution in [0.3, 0.4) is 0 Å². The zero-order valence-electron chi connectivity index (χ0n) is 16.0. The third-order valence-corrected chi connectivity index (χ3v) is 5.60. The average molecular weight is 368 g/mol. The lowest BCUT2D eigenvalue weighted by Gasteiger charge is -2.28. The van der Waals surface area contributed by atoms with Crippen LogP contribution in [0.15, 0.2) is 45.8 Å². The van der Waals surface area contributed by atoms with Gasteiger partial charge in [-0.25, -0.2) is 4.99 Å². The Morgan fingerprint density at radius 2 is 2.11 bits per heavy atom. The Kier molecular flexibility index (Phi) is 5.13. The summed E-state index contributed by atoms with van der Waals surface area (Å²) in [5.74, 6) is 1.29. The lowest BCUT2D eigenvalue weighted by molar-refractivity contribution is 0.185. The minimum absolute atomic E-state index is 0.0568. The smallest absolute Gasteiger partial charge is 0.148 e. The van der Waals surface area contributed by atoms with Crippen molar-refractivity contribution in [2.45, 2.75) is 38.6 Å². The molecule has 3 unspecified atom stereocenters. The van der Waals surface area contributed by atoms with Gasteiger partial charge in [-0.3, -0.25) is 5.01 Å². The molecule has 1 fully saturated rings. The lowest BCUT2D eigenvalue weighted by Crippen LogP contribution is -2.47. The van der Waals surface area contributed by atoms with Crippen molar-refractivity contribution in [1.82, 2.24) is 15.6 Å². The van der Waals surface area contributed by atoms with Crippen LogP contribution in [0, 0.1) is 5.92 Å². The maximum atomic E-state index is 6.24. The summed E-state index contributed by atoms with van der Waals surface area (Å²) in [7, 11) is 1.70. The molecule has 7 heteroatoms. The molecule has 1 saturated heterocycles. The molecule has 3 atom stereocenters. The van der Waals surface area contributed by atoms with E-state index in [0.717, 1.165) is 41.4 Å². The summed E-state index contributed by atoms with van der Waals surface area (Å²) in [5, 5.41) is 14.0. The highest BCUT2D eigenvalue weighted by molar-refractivity contribution is 6.15. The number of nitrogens with zero attached hydrogens (tertiary/aromatic N) is 3. The van der Waals surface area contributed by atoms with Crippen molar-refractivity contribution in [1.29, 1.82) is 0 Å². The number of rotatable bonds is 6. The molecule has 3 heterocycles. The molecule has 1 aromatic carbocycles. The van der Waals surface area contributed by atoms with E-state index < -0.39 is 0 Å². The van der Waals surface area contributed by atoms with Gasteiger partial charge in [0, 0.05) is 18.7 Å². The van der Waals surface area contributed by atoms with Gasteiger partial charge in [-0.05, 0) is 24.4 Å². The van der Waals surface area contributed by atoms with Gasteiger partial charge in [0.15, 0.2) is 0 Å². The van der Waals surface area contributed by atoms with Crippen LogP contribution in [0.5, 0.6) is 0 Å². The molecule has 0 radical (unpaired) electrons. The minimum atomic E-state index is -0.0568. The number of fused-ring (bicyclic) bond motifs is 1. The zero-order valence-corrected chi connectivity index (χ0v) is 16.0. The Morgan fingerprint density at radius 3 is 2.81 bits per heavy atom. The van der Waals surface area contributed by atoms with Crippen molar-refractivity contribution < 1.29 is 4.74 Å². The number of nitrogens with two attached hydrogens (primary N) is 1. The second kappa shape index (κ2) is 7.70. The van der Waals surface area contributed by atoms with Crippen LogP contribution < -0.4 is 16.4 Å². The number of nitrogens with one attached hydrogen (secondary N) is 2. The van der Waals surface area contributed by atoms with E-state index in [1.165, 1.54) is 12.8 Å². The van der Waals surface area contributed by atoms with E-state index in [-0.39, 0.29) is 6.17 Å². The Labute approximate surface area is 160 Å². The van der Waals surface area contributed by atoms with E-state index in [2.05, 4.69) is 51.8 Å². The molecular weight excluding hydrogens is 340 g/mol. The first-order valence-corrected chi connectivity index (χ1v) is 9.65. The maximum absolute atomic E-state index is 6.24. The zero-order chi connectivity index (χ0) is 18.8. The number of hydrogen-bond donors (Lipinski definition) is 3. The molecule has 4 N–H and O–H groups in total. The van der Waals surface area contributed by atoms with Crippen LogP contribution in [0.25, 0.3) is 0 Å². The van der Waals surface area contributed by atoms with E-state index >= 15 is 0 Å². The molecule has 27 heavy (non-hydrogen) atoms. The van der Waals surface area contributed by atoms with Crippen molar-refractivity contribution >= 4 is 12.1 Å². The second-order valence-electron chi connectivity index (χ2n) is 7.44. The number of ether oxygens (including phenoxy) is 1. The van der Waals surface area contributed by atoms with Gasteiger partial charge in [0.2, 0.25) is 0 Å². The predicted octanol–water partition coefficient (Wildman–Crippen LogP) is 1.37. The topological polar surface area (TPSA) is 87.3 Å². The van der Waals surface area contributed by atoms with Crippen LogP contribution in [0.4, 0.5) is 0 Å². The van der Waals surface area contributed by atoms with Gasteiger partial charge in [-0.2, -0.15) is 5.10 Å². The summed E-state index contributed by atoms with van der Waals surface area (Å²) >= 11 is 0. The Bertz CT molecular complexity index is 769. The summed E-state index contributed by atoms with van der Waals surface area (Å²) in [5.41, 5.74) is 10.3. The summed E-state index contributed by atoms with van der Waals surface area (Å²) in [6.07, 6.45) is 4.03. The Morgan fingerprint density at radius 1 is 1.30 bits per heavy atom. The fraction of sp³-hybridized carbons (Fsp3) is 0.500. The van der Waals surface area contributed by atoms with Crippen LogP contribution in [-0.2, 0) is 11.3 Å². The number of methoxy groups -OCH3 is 1. The van der Waals surface area contributed by atoms with E-state index in [9.17, 15) is 0 Å². The van der Waals surface area contributed by atoms with Crippen molar-refractivity contribution in [2.24, 2.45) is 21.7 Å². The molecule has 3 aliphatic rings. The monoisotopic (exact) mass is 368 g/mol. The molecule has 1 aromatic rings. The van der Waals surface area contributed by atoms with Gasteiger partial charge in [0.25, 0.3) is 0 Å². The van der Waals surface area contributed by atoms with E-state index in [1.807, 2.05) is 0 Å². The number of hydrazone groups is 1. The molecule has 0 saturated carbocycles. The van der Waals surface area contributed by atoms with Crippen molar-refractivity contribution in [3.05, 3.63) is 46.8 Å². The van der Waals surface area contributed by atoms with E-state index in [1.54, 1.807) is 13.4 Å². The fourth-order valence-corrected chi connectivity index (χ4v) is 4.06. The first-order valence-electron chi connectivity index (χ1n) is 9.65. The SMILES string of the molecule is CCC1CNC(CN2N=C(c3ccc(COC)cc3)C3=C(N)N=CNC32)C1. The molecule has 0 aromatic heterocycles. The molecular formula is C20H28N6O. The Hall–Kier alpha value is -2.38. The lowest BCUT2D eigenvalue weighted by atomic mass is 9.99. The third kappa shape index (κ3) is 3.57. The largest absolute Gasteiger partial charge is 0.383 e. The number of benzene rings is 1.